The Kier molecular flexibility index (Phi) is 4.63. The summed E-state index contributed by atoms with van der Waals surface area (Å²) in [5.74, 6) is -0.441. The molecule has 1 aromatic rings. The monoisotopic (exact) mass is 238 g/mol. The Morgan fingerprint density at radius 2 is 2.00 bits per heavy atom. The molecule has 0 spiro atoms. The second-order valence-electron chi connectivity index (χ2n) is 4.56. The van der Waals surface area contributed by atoms with Gasteiger partial charge in [-0.2, -0.15) is 0 Å². The molecule has 0 heterocycles. The zero-order chi connectivity index (χ0) is 13.0. The first-order valence-electron chi connectivity index (χ1n) is 5.73. The van der Waals surface area contributed by atoms with Crippen LogP contribution in [0.25, 0.3) is 0 Å². The van der Waals surface area contributed by atoms with Crippen molar-refractivity contribution in [2.75, 3.05) is 0 Å². The first-order valence-corrected chi connectivity index (χ1v) is 5.73. The van der Waals surface area contributed by atoms with Gasteiger partial charge in [0.25, 0.3) is 0 Å². The SMILES string of the molecule is CC(C)[C@@H](N)C(=O)N[C@H](C)c1cccc(F)c1. The van der Waals surface area contributed by atoms with Crippen molar-refractivity contribution in [2.24, 2.45) is 11.7 Å². The van der Waals surface area contributed by atoms with Gasteiger partial charge in [0, 0.05) is 0 Å². The molecule has 17 heavy (non-hydrogen) atoms. The molecule has 0 aliphatic heterocycles. The summed E-state index contributed by atoms with van der Waals surface area (Å²) < 4.78 is 13.0. The molecule has 0 radical (unpaired) electrons. The molecule has 2 atom stereocenters. The molecule has 0 aliphatic rings. The third kappa shape index (κ3) is 3.82. The van der Waals surface area contributed by atoms with E-state index in [0.29, 0.717) is 0 Å². The first-order chi connectivity index (χ1) is 7.91. The first kappa shape index (κ1) is 13.6. The van der Waals surface area contributed by atoms with Gasteiger partial charge in [-0.15, -0.1) is 0 Å². The van der Waals surface area contributed by atoms with E-state index in [2.05, 4.69) is 5.32 Å². The Labute approximate surface area is 101 Å². The molecule has 0 aromatic heterocycles. The average Bonchev–Trinajstić information content (AvgIpc) is 2.27. The average molecular weight is 238 g/mol. The number of benzene rings is 1. The summed E-state index contributed by atoms with van der Waals surface area (Å²) in [7, 11) is 0. The van der Waals surface area contributed by atoms with Gasteiger partial charge in [-0.3, -0.25) is 4.79 Å². The molecule has 0 saturated heterocycles. The molecule has 0 fully saturated rings. The number of carbonyl (C=O) groups is 1. The van der Waals surface area contributed by atoms with E-state index in [-0.39, 0.29) is 23.7 Å². The van der Waals surface area contributed by atoms with Crippen LogP contribution >= 0.6 is 0 Å². The van der Waals surface area contributed by atoms with Crippen LogP contribution in [0.5, 0.6) is 0 Å². The normalized spacial score (nSPS) is 14.5. The summed E-state index contributed by atoms with van der Waals surface area (Å²) in [5, 5.41) is 2.77. The third-order valence-corrected chi connectivity index (χ3v) is 2.73. The van der Waals surface area contributed by atoms with Crippen molar-refractivity contribution in [3.63, 3.8) is 0 Å². The van der Waals surface area contributed by atoms with Crippen LogP contribution in [0.15, 0.2) is 24.3 Å². The lowest BCUT2D eigenvalue weighted by atomic mass is 10.0. The second kappa shape index (κ2) is 5.77. The zero-order valence-corrected chi connectivity index (χ0v) is 10.4. The Balaban J connectivity index is 2.66. The fourth-order valence-electron chi connectivity index (χ4n) is 1.47. The fraction of sp³-hybridized carbons (Fsp3) is 0.462. The Hall–Kier alpha value is -1.42. The van der Waals surface area contributed by atoms with Crippen LogP contribution in [0, 0.1) is 11.7 Å². The molecular formula is C13H19FN2O. The molecule has 0 bridgehead atoms. The Morgan fingerprint density at radius 1 is 1.35 bits per heavy atom. The Bertz CT molecular complexity index is 393. The lowest BCUT2D eigenvalue weighted by Gasteiger charge is -2.20. The molecule has 0 aliphatic carbocycles. The number of amides is 1. The Morgan fingerprint density at radius 3 is 2.53 bits per heavy atom. The van der Waals surface area contributed by atoms with Crippen molar-refractivity contribution in [1.29, 1.82) is 0 Å². The van der Waals surface area contributed by atoms with E-state index in [1.165, 1.54) is 12.1 Å². The largest absolute Gasteiger partial charge is 0.348 e. The predicted octanol–water partition coefficient (Wildman–Crippen LogP) is 1.99. The van der Waals surface area contributed by atoms with Crippen molar-refractivity contribution < 1.29 is 9.18 Å². The van der Waals surface area contributed by atoms with E-state index in [9.17, 15) is 9.18 Å². The maximum atomic E-state index is 13.0. The van der Waals surface area contributed by atoms with Crippen LogP contribution in [0.3, 0.4) is 0 Å². The number of carbonyl (C=O) groups excluding carboxylic acids is 1. The number of hydrogen-bond donors (Lipinski definition) is 2. The lowest BCUT2D eigenvalue weighted by molar-refractivity contribution is -0.123. The summed E-state index contributed by atoms with van der Waals surface area (Å²) in [6.07, 6.45) is 0. The highest BCUT2D eigenvalue weighted by molar-refractivity contribution is 5.82. The van der Waals surface area contributed by atoms with Crippen LogP contribution in [-0.4, -0.2) is 11.9 Å². The van der Waals surface area contributed by atoms with Gasteiger partial charge in [0.15, 0.2) is 0 Å². The van der Waals surface area contributed by atoms with Crippen LogP contribution in [-0.2, 0) is 4.79 Å². The number of hydrogen-bond acceptors (Lipinski definition) is 2. The van der Waals surface area contributed by atoms with E-state index < -0.39 is 6.04 Å². The zero-order valence-electron chi connectivity index (χ0n) is 10.4. The minimum absolute atomic E-state index is 0.0784. The molecule has 1 amide bonds. The molecule has 1 rings (SSSR count). The molecule has 3 nitrogen and oxygen atoms in total. The summed E-state index contributed by atoms with van der Waals surface area (Å²) in [4.78, 5) is 11.7. The minimum Gasteiger partial charge on any atom is -0.348 e. The number of rotatable bonds is 4. The fourth-order valence-corrected chi connectivity index (χ4v) is 1.47. The summed E-state index contributed by atoms with van der Waals surface area (Å²) in [5.41, 5.74) is 6.46. The van der Waals surface area contributed by atoms with E-state index in [4.69, 9.17) is 5.73 Å². The van der Waals surface area contributed by atoms with Gasteiger partial charge >= 0.3 is 0 Å². The molecule has 0 saturated carbocycles. The van der Waals surface area contributed by atoms with Gasteiger partial charge in [-0.1, -0.05) is 26.0 Å². The number of halogens is 1. The topological polar surface area (TPSA) is 55.1 Å². The van der Waals surface area contributed by atoms with Gasteiger partial charge in [-0.05, 0) is 30.5 Å². The summed E-state index contributed by atoms with van der Waals surface area (Å²) in [6, 6.07) is 5.39. The van der Waals surface area contributed by atoms with E-state index in [1.54, 1.807) is 19.1 Å². The lowest BCUT2D eigenvalue weighted by Crippen LogP contribution is -2.44. The third-order valence-electron chi connectivity index (χ3n) is 2.73. The highest BCUT2D eigenvalue weighted by atomic mass is 19.1. The predicted molar refractivity (Wildman–Crippen MR) is 65.8 cm³/mol. The quantitative estimate of drug-likeness (QED) is 0.842. The molecule has 4 heteroatoms. The number of nitrogens with one attached hydrogen (secondary N) is 1. The molecule has 94 valence electrons. The molecule has 3 N–H and O–H groups in total. The standard InChI is InChI=1S/C13H19FN2O/c1-8(2)12(15)13(17)16-9(3)10-5-4-6-11(14)7-10/h4-9,12H,15H2,1-3H3,(H,16,17)/t9-,12-/m1/s1. The van der Waals surface area contributed by atoms with Crippen molar-refractivity contribution in [3.8, 4) is 0 Å². The van der Waals surface area contributed by atoms with Gasteiger partial charge < -0.3 is 11.1 Å². The number of nitrogens with two attached hydrogens (primary N) is 1. The highest BCUT2D eigenvalue weighted by Crippen LogP contribution is 2.13. The van der Waals surface area contributed by atoms with E-state index in [1.807, 2.05) is 13.8 Å². The van der Waals surface area contributed by atoms with Gasteiger partial charge in [0.1, 0.15) is 5.82 Å². The highest BCUT2D eigenvalue weighted by Gasteiger charge is 2.19. The van der Waals surface area contributed by atoms with Crippen molar-refractivity contribution in [2.45, 2.75) is 32.9 Å². The molecule has 1 aromatic carbocycles. The van der Waals surface area contributed by atoms with Crippen LogP contribution in [0.1, 0.15) is 32.4 Å². The van der Waals surface area contributed by atoms with Crippen molar-refractivity contribution in [3.05, 3.63) is 35.6 Å². The molecule has 0 unspecified atom stereocenters. The summed E-state index contributed by atoms with van der Waals surface area (Å²) in [6.45, 7) is 5.58. The van der Waals surface area contributed by atoms with Gasteiger partial charge in [0.05, 0.1) is 12.1 Å². The van der Waals surface area contributed by atoms with Crippen molar-refractivity contribution in [1.82, 2.24) is 5.32 Å². The van der Waals surface area contributed by atoms with E-state index in [0.717, 1.165) is 5.56 Å². The maximum Gasteiger partial charge on any atom is 0.237 e. The van der Waals surface area contributed by atoms with Gasteiger partial charge in [0.2, 0.25) is 5.91 Å². The summed E-state index contributed by atoms with van der Waals surface area (Å²) >= 11 is 0. The smallest absolute Gasteiger partial charge is 0.237 e. The molecular weight excluding hydrogens is 219 g/mol. The van der Waals surface area contributed by atoms with Gasteiger partial charge in [-0.25, -0.2) is 4.39 Å². The second-order valence-corrected chi connectivity index (χ2v) is 4.56. The minimum atomic E-state index is -0.536. The van der Waals surface area contributed by atoms with Crippen molar-refractivity contribution >= 4 is 5.91 Å². The van der Waals surface area contributed by atoms with Crippen LogP contribution in [0.2, 0.25) is 0 Å². The van der Waals surface area contributed by atoms with Crippen LogP contribution in [0.4, 0.5) is 4.39 Å². The maximum absolute atomic E-state index is 13.0. The van der Waals surface area contributed by atoms with E-state index >= 15 is 0 Å². The van der Waals surface area contributed by atoms with Crippen LogP contribution < -0.4 is 11.1 Å².